The average molecular weight is 587 g/mol. The summed E-state index contributed by atoms with van der Waals surface area (Å²) in [5.74, 6) is -0.199. The number of nitrogens with two attached hydrogens (primary N) is 1. The molecule has 0 saturated heterocycles. The molecule has 1 unspecified atom stereocenters. The molecule has 7 nitrogen and oxygen atoms in total. The third kappa shape index (κ3) is 6.95. The minimum atomic E-state index is -4.84. The van der Waals surface area contributed by atoms with Crippen LogP contribution < -0.4 is 5.73 Å². The summed E-state index contributed by atoms with van der Waals surface area (Å²) >= 11 is 2.21. The van der Waals surface area contributed by atoms with Crippen molar-refractivity contribution in [3.05, 3.63) is 65.0 Å². The van der Waals surface area contributed by atoms with Crippen molar-refractivity contribution in [1.29, 1.82) is 0 Å². The Morgan fingerprint density at radius 3 is 2.26 bits per heavy atom. The highest BCUT2D eigenvalue weighted by atomic mass is 32.2. The van der Waals surface area contributed by atoms with E-state index < -0.39 is 33.8 Å². The number of halogens is 3. The van der Waals surface area contributed by atoms with Crippen LogP contribution in [0.3, 0.4) is 0 Å². The van der Waals surface area contributed by atoms with E-state index in [-0.39, 0.29) is 26.1 Å². The number of sulfone groups is 1. The van der Waals surface area contributed by atoms with Gasteiger partial charge in [-0.05, 0) is 68.0 Å². The number of aliphatic hydroxyl groups excluding tert-OH is 1. The number of ether oxygens (including phenoxy) is 1. The molecule has 1 aromatic heterocycles. The van der Waals surface area contributed by atoms with Crippen LogP contribution in [0.4, 0.5) is 18.0 Å². The predicted octanol–water partition coefficient (Wildman–Crippen LogP) is 6.21. The van der Waals surface area contributed by atoms with E-state index in [1.165, 1.54) is 48.2 Å². The van der Waals surface area contributed by atoms with Crippen LogP contribution in [0.15, 0.2) is 73.6 Å². The van der Waals surface area contributed by atoms with E-state index in [4.69, 9.17) is 10.5 Å². The first-order chi connectivity index (χ1) is 17.5. The third-order valence-electron chi connectivity index (χ3n) is 4.99. The Kier molecular flexibility index (Phi) is 8.66. The van der Waals surface area contributed by atoms with E-state index in [0.29, 0.717) is 15.3 Å². The normalized spacial score (nSPS) is 13.8. The molecule has 0 bridgehead atoms. The van der Waals surface area contributed by atoms with Crippen molar-refractivity contribution in [2.75, 3.05) is 6.26 Å². The zero-order valence-electron chi connectivity index (χ0n) is 20.7. The molecule has 13 heteroatoms. The minimum Gasteiger partial charge on any atom is -0.442 e. The number of thioether (sulfide) groups is 1. The molecule has 3 N–H and O–H groups in total. The first kappa shape index (κ1) is 29.7. The minimum absolute atomic E-state index is 0.0502. The molecule has 0 radical (unpaired) electrons. The van der Waals surface area contributed by atoms with E-state index in [0.717, 1.165) is 23.5 Å². The van der Waals surface area contributed by atoms with E-state index >= 15 is 0 Å². The second-order valence-electron chi connectivity index (χ2n) is 9.04. The maximum atomic E-state index is 13.6. The van der Waals surface area contributed by atoms with E-state index in [2.05, 4.69) is 4.99 Å². The number of amides is 1. The zero-order chi connectivity index (χ0) is 28.5. The predicted molar refractivity (Wildman–Crippen MR) is 141 cm³/mol. The molecule has 38 heavy (non-hydrogen) atoms. The second-order valence-corrected chi connectivity index (χ2v) is 13.1. The van der Waals surface area contributed by atoms with Gasteiger partial charge in [0.2, 0.25) is 9.84 Å². The zero-order valence-corrected chi connectivity index (χ0v) is 23.2. The Hall–Kier alpha value is -2.87. The fraction of sp³-hybridized carbons (Fsp3) is 0.280. The number of rotatable bonds is 6. The molecule has 1 atom stereocenters. The van der Waals surface area contributed by atoms with Crippen molar-refractivity contribution in [1.82, 2.24) is 0 Å². The van der Waals surface area contributed by atoms with Gasteiger partial charge in [-0.25, -0.2) is 13.2 Å². The molecule has 0 aliphatic rings. The molecule has 0 aliphatic heterocycles. The summed E-state index contributed by atoms with van der Waals surface area (Å²) in [5.41, 5.74) is 5.45. The Labute approximate surface area is 226 Å². The summed E-state index contributed by atoms with van der Waals surface area (Å²) < 4.78 is 71.6. The highest BCUT2D eigenvalue weighted by molar-refractivity contribution is 8.01. The average Bonchev–Trinajstić information content (AvgIpc) is 3.28. The molecular weight excluding hydrogens is 561 g/mol. The monoisotopic (exact) mass is 586 g/mol. The summed E-state index contributed by atoms with van der Waals surface area (Å²) in [6.07, 6.45) is -6.74. The van der Waals surface area contributed by atoms with Crippen LogP contribution >= 0.6 is 23.1 Å². The van der Waals surface area contributed by atoms with Crippen LogP contribution in [-0.2, 0) is 14.6 Å². The van der Waals surface area contributed by atoms with Crippen molar-refractivity contribution in [3.8, 4) is 11.1 Å². The molecule has 204 valence electrons. The molecule has 0 saturated carbocycles. The number of thiophene rings is 1. The summed E-state index contributed by atoms with van der Waals surface area (Å²) in [4.78, 5) is 15.8. The summed E-state index contributed by atoms with van der Waals surface area (Å²) in [6, 6.07) is 12.2. The summed E-state index contributed by atoms with van der Waals surface area (Å²) in [7, 11) is -4.10. The lowest BCUT2D eigenvalue weighted by atomic mass is 10.0. The van der Waals surface area contributed by atoms with Crippen molar-refractivity contribution < 1.29 is 36.2 Å². The topological polar surface area (TPSA) is 119 Å². The number of alkyl halides is 3. The maximum Gasteiger partial charge on any atom is 0.436 e. The van der Waals surface area contributed by atoms with Crippen molar-refractivity contribution in [3.63, 3.8) is 0 Å². The number of benzene rings is 2. The first-order valence-corrected chi connectivity index (χ1v) is 14.5. The number of hydrogen-bond donors (Lipinski definition) is 2. The summed E-state index contributed by atoms with van der Waals surface area (Å²) in [6.45, 7) is 5.00. The van der Waals surface area contributed by atoms with Gasteiger partial charge in [0.05, 0.1) is 18.9 Å². The third-order valence-corrected chi connectivity index (χ3v) is 9.32. The van der Waals surface area contributed by atoms with Gasteiger partial charge in [0.25, 0.3) is 0 Å². The Morgan fingerprint density at radius 1 is 1.08 bits per heavy atom. The first-order valence-electron chi connectivity index (χ1n) is 11.0. The largest absolute Gasteiger partial charge is 0.442 e. The van der Waals surface area contributed by atoms with Gasteiger partial charge in [0.15, 0.2) is 6.10 Å². The lowest BCUT2D eigenvalue weighted by Crippen LogP contribution is -2.24. The molecule has 1 heterocycles. The van der Waals surface area contributed by atoms with Crippen LogP contribution in [0.5, 0.6) is 0 Å². The second kappa shape index (κ2) is 11.1. The molecule has 1 amide bonds. The lowest BCUT2D eigenvalue weighted by molar-refractivity contribution is -0.206. The van der Waals surface area contributed by atoms with Crippen molar-refractivity contribution in [2.45, 2.75) is 52.7 Å². The van der Waals surface area contributed by atoms with Gasteiger partial charge < -0.3 is 15.6 Å². The number of carbonyl (C=O) groups is 1. The molecule has 2 aromatic carbocycles. The van der Waals surface area contributed by atoms with E-state index in [9.17, 15) is 31.5 Å². The molecule has 0 spiro atoms. The van der Waals surface area contributed by atoms with Gasteiger partial charge >= 0.3 is 12.3 Å². The van der Waals surface area contributed by atoms with Crippen LogP contribution in [0.25, 0.3) is 11.1 Å². The highest BCUT2D eigenvalue weighted by Gasteiger charge is 2.39. The number of aliphatic hydroxyl groups is 1. The van der Waals surface area contributed by atoms with Crippen molar-refractivity contribution in [2.24, 2.45) is 10.7 Å². The van der Waals surface area contributed by atoms with E-state index in [1.54, 1.807) is 33.1 Å². The Balaban J connectivity index is 2.00. The van der Waals surface area contributed by atoms with Crippen LogP contribution in [0.1, 0.15) is 37.3 Å². The highest BCUT2D eigenvalue weighted by Crippen LogP contribution is 2.38. The maximum absolute atomic E-state index is 13.6. The van der Waals surface area contributed by atoms with Gasteiger partial charge in [-0.3, -0.25) is 0 Å². The number of hydrogen-bond acceptors (Lipinski definition) is 7. The molecule has 0 fully saturated rings. The summed E-state index contributed by atoms with van der Waals surface area (Å²) in [5, 5.41) is 9.60. The Morgan fingerprint density at radius 2 is 1.68 bits per heavy atom. The van der Waals surface area contributed by atoms with Crippen LogP contribution in [0.2, 0.25) is 0 Å². The Bertz CT molecular complexity index is 1480. The molecule has 0 aliphatic carbocycles. The van der Waals surface area contributed by atoms with E-state index in [1.807, 2.05) is 0 Å². The standard InChI is InChI=1S/C25H25F3N2O5S3/c1-24(2,3)35-23(32)30-21(29)18-13-19(22(36-4)37-18)38(33,34)17-10-6-8-15(12-17)14-7-5-9-16(11-14)20(31)25(26,27)28/h5-13,20,31H,1-4H3,(H2,29,30,32). The fourth-order valence-electron chi connectivity index (χ4n) is 3.30. The van der Waals surface area contributed by atoms with Gasteiger partial charge in [0, 0.05) is 0 Å². The SMILES string of the molecule is CSc1sc(/C(N)=N/C(=O)OC(C)(C)C)cc1S(=O)(=O)c1cccc(-c2cccc(C(O)C(F)(F)F)c2)c1. The van der Waals surface area contributed by atoms with Gasteiger partial charge in [-0.1, -0.05) is 30.3 Å². The number of amidine groups is 1. The fourth-order valence-corrected chi connectivity index (χ4v) is 7.24. The smallest absolute Gasteiger partial charge is 0.436 e. The quantitative estimate of drug-likeness (QED) is 0.200. The van der Waals surface area contributed by atoms with Crippen LogP contribution in [0, 0.1) is 0 Å². The lowest BCUT2D eigenvalue weighted by Gasteiger charge is -2.17. The van der Waals surface area contributed by atoms with Crippen molar-refractivity contribution >= 4 is 44.9 Å². The van der Waals surface area contributed by atoms with Gasteiger partial charge in [-0.15, -0.1) is 23.1 Å². The number of nitrogens with zero attached hydrogens (tertiary/aromatic N) is 1. The molecule has 3 rings (SSSR count). The van der Waals surface area contributed by atoms with Crippen LogP contribution in [-0.4, -0.2) is 43.5 Å². The number of aliphatic imine (C=N–C) groups is 1. The van der Waals surface area contributed by atoms with Gasteiger partial charge in [-0.2, -0.15) is 18.2 Å². The molecular formula is C25H25F3N2O5S3. The van der Waals surface area contributed by atoms with Gasteiger partial charge in [0.1, 0.15) is 11.4 Å². The number of carbonyl (C=O) groups excluding carboxylic acids is 1. The molecule has 3 aromatic rings.